The van der Waals surface area contributed by atoms with E-state index in [1.807, 2.05) is 27.7 Å². The minimum absolute atomic E-state index is 0.276. The third kappa shape index (κ3) is 3.21. The summed E-state index contributed by atoms with van der Waals surface area (Å²) in [6.45, 7) is 13.1. The molecule has 2 rings (SSSR count). The van der Waals surface area contributed by atoms with Crippen LogP contribution in [0.15, 0.2) is 18.3 Å². The van der Waals surface area contributed by atoms with Crippen molar-refractivity contribution in [3.8, 4) is 0 Å². The molecule has 0 aliphatic carbocycles. The number of hydrogen-bond acceptors (Lipinski definition) is 5. The van der Waals surface area contributed by atoms with Crippen molar-refractivity contribution in [2.75, 3.05) is 4.90 Å². The van der Waals surface area contributed by atoms with Crippen molar-refractivity contribution in [1.82, 2.24) is 4.98 Å². The summed E-state index contributed by atoms with van der Waals surface area (Å²) in [6.07, 6.45) is 0.236. The molecule has 0 atom stereocenters. The summed E-state index contributed by atoms with van der Waals surface area (Å²) in [5.74, 6) is 0.276. The zero-order valence-corrected chi connectivity index (χ0v) is 14.8. The lowest BCUT2D eigenvalue weighted by molar-refractivity contribution is -0.247. The number of carbonyl (C=O) groups is 1. The molecule has 0 spiro atoms. The van der Waals surface area contributed by atoms with Gasteiger partial charge in [-0.3, -0.25) is 0 Å². The second-order valence-corrected chi connectivity index (χ2v) is 7.78. The van der Waals surface area contributed by atoms with Gasteiger partial charge in [-0.2, -0.15) is 0 Å². The van der Waals surface area contributed by atoms with Crippen LogP contribution in [0.3, 0.4) is 0 Å². The molecule has 23 heavy (non-hydrogen) atoms. The Labute approximate surface area is 137 Å². The number of amides is 1. The monoisotopic (exact) mass is 319 g/mol. The van der Waals surface area contributed by atoms with Gasteiger partial charge in [0, 0.05) is 17.2 Å². The minimum Gasteiger partial charge on any atom is -0.530 e. The summed E-state index contributed by atoms with van der Waals surface area (Å²) in [5, 5.41) is 11.7. The second kappa shape index (κ2) is 5.49. The van der Waals surface area contributed by atoms with Crippen molar-refractivity contribution in [3.05, 3.63) is 18.3 Å². The topological polar surface area (TPSA) is 74.7 Å². The number of hydrogen-bond donors (Lipinski definition) is 0. The highest BCUT2D eigenvalue weighted by molar-refractivity contribution is 6.64. The third-order valence-corrected chi connectivity index (χ3v) is 4.39. The maximum absolute atomic E-state index is 11.7. The molecular weight excluding hydrogens is 295 g/mol. The lowest BCUT2D eigenvalue weighted by Gasteiger charge is -2.38. The summed E-state index contributed by atoms with van der Waals surface area (Å²) in [4.78, 5) is 17.0. The van der Waals surface area contributed by atoms with E-state index in [4.69, 9.17) is 9.31 Å². The Balaban J connectivity index is 2.49. The molecular formula is C16H24BN2O4-. The molecule has 1 aliphatic heterocycles. The van der Waals surface area contributed by atoms with E-state index in [1.54, 1.807) is 39.1 Å². The molecule has 126 valence electrons. The first-order valence-corrected chi connectivity index (χ1v) is 7.68. The molecule has 1 aliphatic rings. The number of nitrogens with zero attached hydrogens (tertiary/aromatic N) is 2. The molecule has 1 fully saturated rings. The van der Waals surface area contributed by atoms with E-state index in [2.05, 4.69) is 4.98 Å². The van der Waals surface area contributed by atoms with E-state index in [0.717, 1.165) is 4.90 Å². The summed E-state index contributed by atoms with van der Waals surface area (Å²) < 4.78 is 12.1. The molecule has 7 heteroatoms. The van der Waals surface area contributed by atoms with Crippen LogP contribution in [0.25, 0.3) is 0 Å². The van der Waals surface area contributed by atoms with Crippen LogP contribution in [0.2, 0.25) is 0 Å². The SMILES string of the molecule is CC(C)(C)N(C(=O)[O-])c1ncccc1B1OC(C)(C)C(C)(C)O1. The Bertz CT molecular complexity index is 594. The van der Waals surface area contributed by atoms with Gasteiger partial charge in [0.15, 0.2) is 0 Å². The molecule has 6 nitrogen and oxygen atoms in total. The lowest BCUT2D eigenvalue weighted by Crippen LogP contribution is -2.55. The summed E-state index contributed by atoms with van der Waals surface area (Å²) in [7, 11) is -0.687. The van der Waals surface area contributed by atoms with Crippen LogP contribution in [0.1, 0.15) is 48.5 Å². The molecule has 0 aromatic carbocycles. The highest BCUT2D eigenvalue weighted by atomic mass is 16.7. The van der Waals surface area contributed by atoms with Gasteiger partial charge in [-0.25, -0.2) is 4.98 Å². The number of carbonyl (C=O) groups excluding carboxylic acids is 1. The first kappa shape index (κ1) is 17.8. The van der Waals surface area contributed by atoms with Crippen LogP contribution in [0.5, 0.6) is 0 Å². The molecule has 0 N–H and O–H groups in total. The molecule has 1 saturated heterocycles. The Morgan fingerprint density at radius 1 is 1.22 bits per heavy atom. The van der Waals surface area contributed by atoms with Gasteiger partial charge in [-0.05, 0) is 54.5 Å². The van der Waals surface area contributed by atoms with E-state index >= 15 is 0 Å². The number of pyridine rings is 1. The summed E-state index contributed by atoms with van der Waals surface area (Å²) >= 11 is 0. The number of rotatable bonds is 2. The van der Waals surface area contributed by atoms with Gasteiger partial charge >= 0.3 is 7.12 Å². The zero-order chi connectivity index (χ0) is 17.6. The van der Waals surface area contributed by atoms with Gasteiger partial charge in [0.2, 0.25) is 0 Å². The van der Waals surface area contributed by atoms with Gasteiger partial charge in [-0.1, -0.05) is 6.07 Å². The smallest absolute Gasteiger partial charge is 0.498 e. The van der Waals surface area contributed by atoms with E-state index < -0.39 is 30.0 Å². The lowest BCUT2D eigenvalue weighted by atomic mass is 9.78. The second-order valence-electron chi connectivity index (χ2n) is 7.78. The predicted octanol–water partition coefficient (Wildman–Crippen LogP) is 1.33. The Kier molecular flexibility index (Phi) is 4.24. The number of carboxylic acid groups (broad SMARTS) is 1. The van der Waals surface area contributed by atoms with Gasteiger partial charge in [0.25, 0.3) is 0 Å². The largest absolute Gasteiger partial charge is 0.530 e. The van der Waals surface area contributed by atoms with Crippen LogP contribution < -0.4 is 15.5 Å². The van der Waals surface area contributed by atoms with Crippen molar-refractivity contribution in [1.29, 1.82) is 0 Å². The number of aromatic nitrogens is 1. The molecule has 1 amide bonds. The van der Waals surface area contributed by atoms with E-state index in [9.17, 15) is 9.90 Å². The molecule has 1 aromatic heterocycles. The van der Waals surface area contributed by atoms with Gasteiger partial charge in [0.05, 0.1) is 11.2 Å². The maximum atomic E-state index is 11.7. The molecule has 0 unspecified atom stereocenters. The molecule has 0 radical (unpaired) electrons. The fourth-order valence-corrected chi connectivity index (χ4v) is 2.43. The van der Waals surface area contributed by atoms with Crippen LogP contribution in [-0.4, -0.2) is 34.9 Å². The van der Waals surface area contributed by atoms with Crippen molar-refractivity contribution < 1.29 is 19.2 Å². The Morgan fingerprint density at radius 2 is 1.74 bits per heavy atom. The average molecular weight is 319 g/mol. The predicted molar refractivity (Wildman–Crippen MR) is 87.6 cm³/mol. The van der Waals surface area contributed by atoms with Crippen molar-refractivity contribution in [2.24, 2.45) is 0 Å². The molecule has 0 saturated carbocycles. The van der Waals surface area contributed by atoms with Crippen molar-refractivity contribution in [2.45, 2.75) is 65.2 Å². The van der Waals surface area contributed by atoms with E-state index in [0.29, 0.717) is 5.46 Å². The Hall–Kier alpha value is -1.60. The first-order valence-electron chi connectivity index (χ1n) is 7.68. The fourth-order valence-electron chi connectivity index (χ4n) is 2.43. The first-order chi connectivity index (χ1) is 10.4. The standard InChI is InChI=1S/C16H25BN2O4/c1-14(2,3)19(13(20)21)12-11(9-8-10-18-12)17-22-15(4,5)16(6,7)23-17/h8-10H,1-7H3,(H,20,21)/p-1. The average Bonchev–Trinajstić information content (AvgIpc) is 2.56. The fraction of sp³-hybridized carbons (Fsp3) is 0.625. The van der Waals surface area contributed by atoms with Gasteiger partial charge in [-0.15, -0.1) is 0 Å². The van der Waals surface area contributed by atoms with Crippen LogP contribution in [-0.2, 0) is 9.31 Å². The maximum Gasteiger partial charge on any atom is 0.498 e. The van der Waals surface area contributed by atoms with E-state index in [1.165, 1.54) is 0 Å². The molecule has 0 bridgehead atoms. The summed E-state index contributed by atoms with van der Waals surface area (Å²) in [5.41, 5.74) is -1.16. The number of anilines is 1. The van der Waals surface area contributed by atoms with Crippen LogP contribution in [0.4, 0.5) is 10.6 Å². The Morgan fingerprint density at radius 3 is 2.17 bits per heavy atom. The van der Waals surface area contributed by atoms with Crippen LogP contribution in [0, 0.1) is 0 Å². The minimum atomic E-state index is -1.31. The quantitative estimate of drug-likeness (QED) is 0.769. The third-order valence-electron chi connectivity index (χ3n) is 4.39. The van der Waals surface area contributed by atoms with Gasteiger partial charge < -0.3 is 24.1 Å². The summed E-state index contributed by atoms with van der Waals surface area (Å²) in [6, 6.07) is 3.51. The van der Waals surface area contributed by atoms with E-state index in [-0.39, 0.29) is 5.82 Å². The molecule has 2 heterocycles. The van der Waals surface area contributed by atoms with Crippen molar-refractivity contribution >= 4 is 24.5 Å². The highest BCUT2D eigenvalue weighted by Gasteiger charge is 2.52. The van der Waals surface area contributed by atoms with Crippen LogP contribution >= 0.6 is 0 Å². The van der Waals surface area contributed by atoms with Gasteiger partial charge in [0.1, 0.15) is 11.9 Å². The highest BCUT2D eigenvalue weighted by Crippen LogP contribution is 2.37. The zero-order valence-electron chi connectivity index (χ0n) is 14.8. The normalized spacial score (nSPS) is 19.7. The van der Waals surface area contributed by atoms with Crippen molar-refractivity contribution in [3.63, 3.8) is 0 Å². The molecule has 1 aromatic rings.